The van der Waals surface area contributed by atoms with Gasteiger partial charge in [-0.1, -0.05) is 0 Å². The molecule has 108 valence electrons. The number of benzene rings is 1. The first kappa shape index (κ1) is 14.5. The third kappa shape index (κ3) is 3.78. The Morgan fingerprint density at radius 2 is 2.20 bits per heavy atom. The average Bonchev–Trinajstić information content (AvgIpc) is 2.88. The molecule has 0 spiro atoms. The fourth-order valence-corrected chi connectivity index (χ4v) is 2.15. The van der Waals surface area contributed by atoms with Crippen molar-refractivity contribution in [2.24, 2.45) is 5.14 Å². The Kier molecular flexibility index (Phi) is 4.35. The number of hydrogen-bond acceptors (Lipinski definition) is 4. The summed E-state index contributed by atoms with van der Waals surface area (Å²) in [7, 11) is -3.90. The van der Waals surface area contributed by atoms with Crippen molar-refractivity contribution in [2.75, 3.05) is 6.61 Å². The van der Waals surface area contributed by atoms with Crippen LogP contribution in [0, 0.1) is 5.82 Å². The summed E-state index contributed by atoms with van der Waals surface area (Å²) in [5, 5.41) is 4.91. The fraction of sp³-hybridized carbons (Fsp3) is 0.250. The molecule has 2 N–H and O–H groups in total. The summed E-state index contributed by atoms with van der Waals surface area (Å²) in [5.41, 5.74) is 0. The zero-order valence-corrected chi connectivity index (χ0v) is 11.4. The van der Waals surface area contributed by atoms with Crippen molar-refractivity contribution in [2.45, 2.75) is 17.9 Å². The summed E-state index contributed by atoms with van der Waals surface area (Å²) in [4.78, 5) is 3.62. The smallest absolute Gasteiger partial charge is 0.238 e. The lowest BCUT2D eigenvalue weighted by molar-refractivity contribution is 0.287. The largest absolute Gasteiger partial charge is 0.490 e. The maximum absolute atomic E-state index is 13.6. The minimum atomic E-state index is -3.90. The Labute approximate surface area is 116 Å². The Morgan fingerprint density at radius 3 is 2.80 bits per heavy atom. The van der Waals surface area contributed by atoms with Gasteiger partial charge in [0.05, 0.1) is 17.8 Å². The highest BCUT2D eigenvalue weighted by Crippen LogP contribution is 2.20. The molecule has 6 nitrogen and oxygen atoms in total. The van der Waals surface area contributed by atoms with Crippen LogP contribution in [0.5, 0.6) is 5.75 Å². The Bertz CT molecular complexity index is 671. The monoisotopic (exact) mass is 299 g/mol. The number of hydrogen-bond donors (Lipinski definition) is 1. The van der Waals surface area contributed by atoms with E-state index < -0.39 is 15.8 Å². The number of ether oxygens (including phenoxy) is 1. The van der Waals surface area contributed by atoms with Crippen molar-refractivity contribution >= 4 is 10.0 Å². The molecule has 0 amide bonds. The number of primary sulfonamides is 1. The van der Waals surface area contributed by atoms with Crippen molar-refractivity contribution in [3.63, 3.8) is 0 Å². The van der Waals surface area contributed by atoms with Crippen LogP contribution in [-0.2, 0) is 16.6 Å². The summed E-state index contributed by atoms with van der Waals surface area (Å²) in [6.07, 6.45) is 5.85. The summed E-state index contributed by atoms with van der Waals surface area (Å²) in [6, 6.07) is 3.32. The Balaban J connectivity index is 1.90. The van der Waals surface area contributed by atoms with Gasteiger partial charge in [0.25, 0.3) is 0 Å². The number of aromatic nitrogens is 2. The number of aryl methyl sites for hydroxylation is 1. The van der Waals surface area contributed by atoms with E-state index in [4.69, 9.17) is 9.88 Å². The van der Waals surface area contributed by atoms with Crippen LogP contribution in [0.2, 0.25) is 0 Å². The van der Waals surface area contributed by atoms with Gasteiger partial charge in [-0.2, -0.15) is 0 Å². The third-order valence-corrected chi connectivity index (χ3v) is 3.52. The first-order chi connectivity index (χ1) is 9.47. The van der Waals surface area contributed by atoms with Crippen molar-refractivity contribution in [3.8, 4) is 5.75 Å². The second kappa shape index (κ2) is 6.02. The quantitative estimate of drug-likeness (QED) is 0.810. The summed E-state index contributed by atoms with van der Waals surface area (Å²) < 4.78 is 42.9. The lowest BCUT2D eigenvalue weighted by atomic mass is 10.3. The fourth-order valence-electron chi connectivity index (χ4n) is 1.62. The minimum Gasteiger partial charge on any atom is -0.490 e. The van der Waals surface area contributed by atoms with Crippen LogP contribution >= 0.6 is 0 Å². The molecule has 0 atom stereocenters. The standard InChI is InChI=1S/C12H14FN3O3S/c13-11-8-10(20(14,17)18)2-3-12(11)19-7-1-5-16-6-4-15-9-16/h2-4,6,8-9H,1,5,7H2,(H2,14,17,18). The molecule has 0 aliphatic rings. The van der Waals surface area contributed by atoms with Crippen LogP contribution in [0.15, 0.2) is 41.8 Å². The zero-order chi connectivity index (χ0) is 14.6. The average molecular weight is 299 g/mol. The van der Waals surface area contributed by atoms with E-state index in [1.54, 1.807) is 12.5 Å². The molecule has 0 aliphatic carbocycles. The van der Waals surface area contributed by atoms with Gasteiger partial charge in [-0.15, -0.1) is 0 Å². The van der Waals surface area contributed by atoms with Crippen LogP contribution in [0.25, 0.3) is 0 Å². The first-order valence-electron chi connectivity index (χ1n) is 5.88. The maximum atomic E-state index is 13.6. The molecule has 0 saturated carbocycles. The summed E-state index contributed by atoms with van der Waals surface area (Å²) in [5.74, 6) is -0.748. The van der Waals surface area contributed by atoms with Crippen LogP contribution in [0.1, 0.15) is 6.42 Å². The lowest BCUT2D eigenvalue weighted by Crippen LogP contribution is -2.12. The number of nitrogens with two attached hydrogens (primary N) is 1. The topological polar surface area (TPSA) is 87.2 Å². The van der Waals surface area contributed by atoms with E-state index in [0.29, 0.717) is 19.6 Å². The van der Waals surface area contributed by atoms with Gasteiger partial charge in [0.2, 0.25) is 10.0 Å². The second-order valence-corrected chi connectivity index (χ2v) is 5.70. The molecule has 1 aromatic carbocycles. The summed E-state index contributed by atoms with van der Waals surface area (Å²) in [6.45, 7) is 1.01. The minimum absolute atomic E-state index is 0.00281. The van der Waals surface area contributed by atoms with Gasteiger partial charge in [-0.05, 0) is 24.6 Å². The molecule has 0 bridgehead atoms. The van der Waals surface area contributed by atoms with E-state index >= 15 is 0 Å². The highest BCUT2D eigenvalue weighted by molar-refractivity contribution is 7.89. The van der Waals surface area contributed by atoms with E-state index in [9.17, 15) is 12.8 Å². The van der Waals surface area contributed by atoms with Crippen LogP contribution < -0.4 is 9.88 Å². The molecule has 0 fully saturated rings. The number of imidazole rings is 1. The van der Waals surface area contributed by atoms with E-state index in [0.717, 1.165) is 6.07 Å². The van der Waals surface area contributed by atoms with Crippen LogP contribution in [-0.4, -0.2) is 24.6 Å². The normalized spacial score (nSPS) is 11.5. The molecule has 0 unspecified atom stereocenters. The maximum Gasteiger partial charge on any atom is 0.238 e. The third-order valence-electron chi connectivity index (χ3n) is 2.61. The first-order valence-corrected chi connectivity index (χ1v) is 7.42. The Hall–Kier alpha value is -1.93. The molecule has 20 heavy (non-hydrogen) atoms. The number of rotatable bonds is 6. The zero-order valence-electron chi connectivity index (χ0n) is 10.6. The number of halogens is 1. The highest BCUT2D eigenvalue weighted by Gasteiger charge is 2.12. The van der Waals surface area contributed by atoms with Gasteiger partial charge in [0.15, 0.2) is 11.6 Å². The van der Waals surface area contributed by atoms with Gasteiger partial charge in [0, 0.05) is 18.9 Å². The second-order valence-electron chi connectivity index (χ2n) is 4.14. The molecule has 0 aliphatic heterocycles. The molecular weight excluding hydrogens is 285 g/mol. The SMILES string of the molecule is NS(=O)(=O)c1ccc(OCCCn2ccnc2)c(F)c1. The summed E-state index contributed by atoms with van der Waals surface area (Å²) >= 11 is 0. The molecule has 8 heteroatoms. The Morgan fingerprint density at radius 1 is 1.40 bits per heavy atom. The van der Waals surface area contributed by atoms with Crippen molar-refractivity contribution < 1.29 is 17.5 Å². The molecule has 0 radical (unpaired) electrons. The van der Waals surface area contributed by atoms with Crippen LogP contribution in [0.3, 0.4) is 0 Å². The lowest BCUT2D eigenvalue weighted by Gasteiger charge is -2.08. The van der Waals surface area contributed by atoms with Crippen molar-refractivity contribution in [1.29, 1.82) is 0 Å². The van der Waals surface area contributed by atoms with Crippen LogP contribution in [0.4, 0.5) is 4.39 Å². The van der Waals surface area contributed by atoms with Crippen molar-refractivity contribution in [1.82, 2.24) is 9.55 Å². The van der Waals surface area contributed by atoms with Gasteiger partial charge in [-0.3, -0.25) is 0 Å². The molecular formula is C12H14FN3O3S. The van der Waals surface area contributed by atoms with Gasteiger partial charge in [0.1, 0.15) is 0 Å². The highest BCUT2D eigenvalue weighted by atomic mass is 32.2. The molecule has 0 saturated heterocycles. The van der Waals surface area contributed by atoms with Gasteiger partial charge in [-0.25, -0.2) is 22.9 Å². The predicted octanol–water partition coefficient (Wildman–Crippen LogP) is 1.14. The van der Waals surface area contributed by atoms with E-state index in [2.05, 4.69) is 4.98 Å². The molecule has 2 aromatic rings. The number of nitrogens with zero attached hydrogens (tertiary/aromatic N) is 2. The van der Waals surface area contributed by atoms with E-state index in [1.807, 2.05) is 10.8 Å². The molecule has 2 rings (SSSR count). The van der Waals surface area contributed by atoms with E-state index in [-0.39, 0.29) is 10.6 Å². The van der Waals surface area contributed by atoms with Crippen molar-refractivity contribution in [3.05, 3.63) is 42.7 Å². The number of sulfonamides is 1. The van der Waals surface area contributed by atoms with E-state index in [1.165, 1.54) is 12.1 Å². The molecule has 1 aromatic heterocycles. The predicted molar refractivity (Wildman–Crippen MR) is 70.1 cm³/mol. The van der Waals surface area contributed by atoms with Gasteiger partial charge >= 0.3 is 0 Å². The molecule has 1 heterocycles. The van der Waals surface area contributed by atoms with Gasteiger partial charge < -0.3 is 9.30 Å².